The number of nitriles is 1. The molecule has 3 nitrogen and oxygen atoms in total. The van der Waals surface area contributed by atoms with E-state index < -0.39 is 0 Å². The zero-order valence-electron chi connectivity index (χ0n) is 11.6. The van der Waals surface area contributed by atoms with Gasteiger partial charge >= 0.3 is 0 Å². The van der Waals surface area contributed by atoms with Crippen LogP contribution < -0.4 is 0 Å². The predicted octanol–water partition coefficient (Wildman–Crippen LogP) is 4.79. The molecule has 4 heteroatoms. The van der Waals surface area contributed by atoms with Crippen LogP contribution in [0, 0.1) is 11.3 Å². The van der Waals surface area contributed by atoms with Gasteiger partial charge in [-0.25, -0.2) is 0 Å². The average molecular weight is 306 g/mol. The lowest BCUT2D eigenvalue weighted by Crippen LogP contribution is -1.84. The molecule has 0 unspecified atom stereocenters. The molecule has 106 valence electrons. The number of nitrogens with one attached hydrogen (secondary N) is 1. The van der Waals surface area contributed by atoms with E-state index >= 15 is 0 Å². The Hall–Kier alpha value is -2.83. The van der Waals surface area contributed by atoms with Crippen LogP contribution in [-0.4, -0.2) is 10.2 Å². The highest BCUT2D eigenvalue weighted by Gasteiger charge is 2.08. The van der Waals surface area contributed by atoms with Gasteiger partial charge in [0.2, 0.25) is 0 Å². The van der Waals surface area contributed by atoms with E-state index in [1.165, 1.54) is 0 Å². The molecule has 0 amide bonds. The molecule has 0 fully saturated rings. The Bertz CT molecular complexity index is 840. The Kier molecular flexibility index (Phi) is 4.04. The summed E-state index contributed by atoms with van der Waals surface area (Å²) in [4.78, 5) is 0. The van der Waals surface area contributed by atoms with Gasteiger partial charge in [0.1, 0.15) is 0 Å². The second kappa shape index (κ2) is 6.30. The second-order valence-corrected chi connectivity index (χ2v) is 5.18. The molecule has 1 heterocycles. The Morgan fingerprint density at radius 3 is 2.50 bits per heavy atom. The van der Waals surface area contributed by atoms with Gasteiger partial charge in [-0.05, 0) is 23.8 Å². The standard InChI is InChI=1S/C18H12ClN3/c19-17-8-6-13(7-9-17)15(11-20)10-16-12-21-22-18(16)14-4-2-1-3-5-14/h1-10,12H,(H,21,22)/b15-10+. The summed E-state index contributed by atoms with van der Waals surface area (Å²) in [5.74, 6) is 0. The molecule has 0 atom stereocenters. The summed E-state index contributed by atoms with van der Waals surface area (Å²) < 4.78 is 0. The molecule has 3 rings (SSSR count). The Morgan fingerprint density at radius 2 is 1.82 bits per heavy atom. The molecule has 2 aromatic carbocycles. The van der Waals surface area contributed by atoms with Crippen molar-refractivity contribution in [3.05, 3.63) is 76.9 Å². The number of rotatable bonds is 3. The lowest BCUT2D eigenvalue weighted by molar-refractivity contribution is 1.10. The Balaban J connectivity index is 2.03. The van der Waals surface area contributed by atoms with Crippen LogP contribution >= 0.6 is 11.6 Å². The van der Waals surface area contributed by atoms with E-state index in [9.17, 15) is 5.26 Å². The largest absolute Gasteiger partial charge is 0.277 e. The van der Waals surface area contributed by atoms with Gasteiger partial charge in [-0.2, -0.15) is 10.4 Å². The third kappa shape index (κ3) is 2.93. The van der Waals surface area contributed by atoms with Crippen LogP contribution in [0.3, 0.4) is 0 Å². The molecule has 22 heavy (non-hydrogen) atoms. The fourth-order valence-electron chi connectivity index (χ4n) is 2.21. The van der Waals surface area contributed by atoms with Gasteiger partial charge in [0, 0.05) is 16.1 Å². The first-order chi connectivity index (χ1) is 10.8. The highest BCUT2D eigenvalue weighted by atomic mass is 35.5. The molecular formula is C18H12ClN3. The second-order valence-electron chi connectivity index (χ2n) is 4.74. The molecule has 0 aliphatic carbocycles. The minimum absolute atomic E-state index is 0.565. The summed E-state index contributed by atoms with van der Waals surface area (Å²) in [5, 5.41) is 17.2. The molecule has 0 spiro atoms. The van der Waals surface area contributed by atoms with Gasteiger partial charge in [-0.3, -0.25) is 5.10 Å². The van der Waals surface area contributed by atoms with E-state index in [2.05, 4.69) is 16.3 Å². The monoisotopic (exact) mass is 305 g/mol. The Morgan fingerprint density at radius 1 is 1.09 bits per heavy atom. The van der Waals surface area contributed by atoms with Crippen molar-refractivity contribution in [1.29, 1.82) is 5.26 Å². The fourth-order valence-corrected chi connectivity index (χ4v) is 2.33. The third-order valence-corrected chi connectivity index (χ3v) is 3.56. The number of aromatic amines is 1. The zero-order valence-corrected chi connectivity index (χ0v) is 12.4. The van der Waals surface area contributed by atoms with Crippen LogP contribution in [-0.2, 0) is 0 Å². The predicted molar refractivity (Wildman–Crippen MR) is 89.0 cm³/mol. The van der Waals surface area contributed by atoms with Crippen molar-refractivity contribution >= 4 is 23.3 Å². The summed E-state index contributed by atoms with van der Waals surface area (Å²) in [6, 6.07) is 19.3. The number of hydrogen-bond donors (Lipinski definition) is 1. The topological polar surface area (TPSA) is 52.5 Å². The summed E-state index contributed by atoms with van der Waals surface area (Å²) in [6.07, 6.45) is 3.55. The number of halogens is 1. The van der Waals surface area contributed by atoms with Crippen molar-refractivity contribution in [1.82, 2.24) is 10.2 Å². The lowest BCUT2D eigenvalue weighted by Gasteiger charge is -2.02. The number of aromatic nitrogens is 2. The van der Waals surface area contributed by atoms with Crippen molar-refractivity contribution in [2.24, 2.45) is 0 Å². The smallest absolute Gasteiger partial charge is 0.0998 e. The molecular weight excluding hydrogens is 294 g/mol. The van der Waals surface area contributed by atoms with Gasteiger partial charge < -0.3 is 0 Å². The zero-order chi connectivity index (χ0) is 15.4. The highest BCUT2D eigenvalue weighted by molar-refractivity contribution is 6.30. The summed E-state index contributed by atoms with van der Waals surface area (Å²) >= 11 is 5.89. The minimum atomic E-state index is 0.565. The van der Waals surface area contributed by atoms with E-state index in [0.717, 1.165) is 22.4 Å². The summed E-state index contributed by atoms with van der Waals surface area (Å²) in [5.41, 5.74) is 4.18. The number of nitrogens with zero attached hydrogens (tertiary/aromatic N) is 2. The van der Waals surface area contributed by atoms with Crippen LogP contribution in [0.25, 0.3) is 22.9 Å². The van der Waals surface area contributed by atoms with E-state index in [0.29, 0.717) is 10.6 Å². The van der Waals surface area contributed by atoms with Gasteiger partial charge in [0.05, 0.1) is 23.5 Å². The first-order valence-corrected chi connectivity index (χ1v) is 7.12. The van der Waals surface area contributed by atoms with Crippen LogP contribution in [0.15, 0.2) is 60.8 Å². The van der Waals surface area contributed by atoms with Crippen LogP contribution in [0.2, 0.25) is 5.02 Å². The molecule has 0 bridgehead atoms. The summed E-state index contributed by atoms with van der Waals surface area (Å²) in [7, 11) is 0. The van der Waals surface area contributed by atoms with Gasteiger partial charge in [0.25, 0.3) is 0 Å². The molecule has 0 aliphatic heterocycles. The number of allylic oxidation sites excluding steroid dienone is 1. The average Bonchev–Trinajstić information content (AvgIpc) is 3.02. The molecule has 0 saturated carbocycles. The normalized spacial score (nSPS) is 11.2. The third-order valence-electron chi connectivity index (χ3n) is 3.31. The number of benzene rings is 2. The maximum absolute atomic E-state index is 9.43. The molecule has 0 radical (unpaired) electrons. The number of hydrogen-bond acceptors (Lipinski definition) is 2. The first kappa shape index (κ1) is 14.1. The Labute approximate surface area is 133 Å². The molecule has 0 aliphatic rings. The SMILES string of the molecule is N#C/C(=C\c1cn[nH]c1-c1ccccc1)c1ccc(Cl)cc1. The summed E-state index contributed by atoms with van der Waals surface area (Å²) in [6.45, 7) is 0. The van der Waals surface area contributed by atoms with Gasteiger partial charge in [0.15, 0.2) is 0 Å². The number of H-pyrrole nitrogens is 1. The van der Waals surface area contributed by atoms with Gasteiger partial charge in [-0.15, -0.1) is 0 Å². The van der Waals surface area contributed by atoms with E-state index in [-0.39, 0.29) is 0 Å². The highest BCUT2D eigenvalue weighted by Crippen LogP contribution is 2.25. The van der Waals surface area contributed by atoms with Crippen molar-refractivity contribution in [3.63, 3.8) is 0 Å². The van der Waals surface area contributed by atoms with Crippen molar-refractivity contribution in [3.8, 4) is 17.3 Å². The molecule has 3 aromatic rings. The van der Waals surface area contributed by atoms with Crippen molar-refractivity contribution in [2.45, 2.75) is 0 Å². The molecule has 1 N–H and O–H groups in total. The molecule has 1 aromatic heterocycles. The van der Waals surface area contributed by atoms with Gasteiger partial charge in [-0.1, -0.05) is 54.1 Å². The van der Waals surface area contributed by atoms with Crippen LogP contribution in [0.1, 0.15) is 11.1 Å². The van der Waals surface area contributed by atoms with Crippen molar-refractivity contribution in [2.75, 3.05) is 0 Å². The van der Waals surface area contributed by atoms with E-state index in [4.69, 9.17) is 11.6 Å². The fraction of sp³-hybridized carbons (Fsp3) is 0. The minimum Gasteiger partial charge on any atom is -0.277 e. The maximum atomic E-state index is 9.43. The maximum Gasteiger partial charge on any atom is 0.0998 e. The van der Waals surface area contributed by atoms with Crippen LogP contribution in [0.4, 0.5) is 0 Å². The lowest BCUT2D eigenvalue weighted by atomic mass is 10.0. The van der Waals surface area contributed by atoms with E-state index in [1.807, 2.05) is 48.5 Å². The first-order valence-electron chi connectivity index (χ1n) is 6.74. The van der Waals surface area contributed by atoms with Crippen LogP contribution in [0.5, 0.6) is 0 Å². The quantitative estimate of drug-likeness (QED) is 0.707. The van der Waals surface area contributed by atoms with Crippen molar-refractivity contribution < 1.29 is 0 Å². The van der Waals surface area contributed by atoms with E-state index in [1.54, 1.807) is 18.3 Å². The molecule has 0 saturated heterocycles.